The van der Waals surface area contributed by atoms with Gasteiger partial charge in [0.1, 0.15) is 5.69 Å². The first kappa shape index (κ1) is 14.0. The SMILES string of the molecule is CN1CCN(c2c(F)c(F)nc(F)c2F)CC1(C)C. The number of halogens is 4. The van der Waals surface area contributed by atoms with Crippen LogP contribution in [0, 0.1) is 23.5 Å². The molecule has 0 atom stereocenters. The van der Waals surface area contributed by atoms with Gasteiger partial charge in [-0.1, -0.05) is 0 Å². The van der Waals surface area contributed by atoms with Gasteiger partial charge >= 0.3 is 0 Å². The fourth-order valence-corrected chi connectivity index (χ4v) is 2.18. The van der Waals surface area contributed by atoms with Crippen LogP contribution in [0.15, 0.2) is 0 Å². The first-order valence-electron chi connectivity index (χ1n) is 5.90. The van der Waals surface area contributed by atoms with Crippen LogP contribution < -0.4 is 4.90 Å². The van der Waals surface area contributed by atoms with Crippen LogP contribution in [-0.4, -0.2) is 42.1 Å². The molecule has 0 spiro atoms. The number of hydrogen-bond acceptors (Lipinski definition) is 3. The summed E-state index contributed by atoms with van der Waals surface area (Å²) in [5, 5.41) is 0. The number of likely N-dealkylation sites (N-methyl/N-ethyl adjacent to an activating group) is 1. The Hall–Kier alpha value is -1.37. The van der Waals surface area contributed by atoms with Crippen molar-refractivity contribution in [3.63, 3.8) is 0 Å². The summed E-state index contributed by atoms with van der Waals surface area (Å²) < 4.78 is 53.6. The highest BCUT2D eigenvalue weighted by atomic mass is 19.2. The summed E-state index contributed by atoms with van der Waals surface area (Å²) >= 11 is 0. The van der Waals surface area contributed by atoms with Crippen LogP contribution in [0.5, 0.6) is 0 Å². The van der Waals surface area contributed by atoms with E-state index in [-0.39, 0.29) is 18.6 Å². The van der Waals surface area contributed by atoms with Crippen LogP contribution in [0.1, 0.15) is 13.8 Å². The number of nitrogens with zero attached hydrogens (tertiary/aromatic N) is 3. The minimum atomic E-state index is -1.62. The van der Waals surface area contributed by atoms with E-state index >= 15 is 0 Å². The standard InChI is InChI=1S/C12H15F4N3/c1-12(2)6-19(5-4-18(12)3)9-7(13)10(15)17-11(16)8(9)14/h4-6H2,1-3H3. The number of aromatic nitrogens is 1. The molecule has 1 aromatic heterocycles. The molecule has 2 heterocycles. The van der Waals surface area contributed by atoms with Crippen molar-refractivity contribution in [1.29, 1.82) is 0 Å². The van der Waals surface area contributed by atoms with Crippen LogP contribution in [0.3, 0.4) is 0 Å². The second-order valence-electron chi connectivity index (χ2n) is 5.33. The van der Waals surface area contributed by atoms with Gasteiger partial charge in [0.15, 0.2) is 0 Å². The number of anilines is 1. The van der Waals surface area contributed by atoms with Crippen molar-refractivity contribution < 1.29 is 17.6 Å². The summed E-state index contributed by atoms with van der Waals surface area (Å²) in [6, 6.07) is 0. The number of piperazine rings is 1. The van der Waals surface area contributed by atoms with Crippen LogP contribution in [-0.2, 0) is 0 Å². The van der Waals surface area contributed by atoms with Crippen LogP contribution >= 0.6 is 0 Å². The third-order valence-electron chi connectivity index (χ3n) is 3.61. The third-order valence-corrected chi connectivity index (χ3v) is 3.61. The largest absolute Gasteiger partial charge is 0.363 e. The Morgan fingerprint density at radius 3 is 2.00 bits per heavy atom. The van der Waals surface area contributed by atoms with Crippen LogP contribution in [0.2, 0.25) is 0 Å². The molecule has 0 amide bonds. The molecule has 0 unspecified atom stereocenters. The van der Waals surface area contributed by atoms with E-state index in [0.717, 1.165) is 0 Å². The molecule has 19 heavy (non-hydrogen) atoms. The Bertz CT molecular complexity index is 478. The second kappa shape index (κ2) is 4.63. The maximum atomic E-state index is 13.7. The van der Waals surface area contributed by atoms with Gasteiger partial charge in [-0.05, 0) is 20.9 Å². The predicted octanol–water partition coefficient (Wildman–Crippen LogP) is 2.17. The number of hydrogen-bond donors (Lipinski definition) is 0. The molecule has 0 radical (unpaired) electrons. The highest BCUT2D eigenvalue weighted by molar-refractivity contribution is 5.49. The van der Waals surface area contributed by atoms with E-state index in [9.17, 15) is 17.6 Å². The molecule has 0 aliphatic carbocycles. The van der Waals surface area contributed by atoms with Crippen LogP contribution in [0.25, 0.3) is 0 Å². The lowest BCUT2D eigenvalue weighted by molar-refractivity contribution is 0.137. The molecule has 1 saturated heterocycles. The molecular formula is C12H15F4N3. The van der Waals surface area contributed by atoms with Gasteiger partial charge in [-0.2, -0.15) is 22.5 Å². The molecule has 1 fully saturated rings. The molecule has 7 heteroatoms. The Labute approximate surface area is 108 Å². The van der Waals surface area contributed by atoms with Gasteiger partial charge in [-0.15, -0.1) is 0 Å². The smallest absolute Gasteiger partial charge is 0.253 e. The van der Waals surface area contributed by atoms with E-state index < -0.39 is 29.2 Å². The lowest BCUT2D eigenvalue weighted by atomic mass is 9.99. The van der Waals surface area contributed by atoms with Gasteiger partial charge in [0.2, 0.25) is 11.6 Å². The van der Waals surface area contributed by atoms with E-state index in [4.69, 9.17) is 0 Å². The maximum absolute atomic E-state index is 13.7. The van der Waals surface area contributed by atoms with Crippen molar-refractivity contribution in [3.05, 3.63) is 23.5 Å². The summed E-state index contributed by atoms with van der Waals surface area (Å²) in [6.07, 6.45) is 0. The summed E-state index contributed by atoms with van der Waals surface area (Å²) in [6.45, 7) is 4.88. The average molecular weight is 277 g/mol. The van der Waals surface area contributed by atoms with Gasteiger partial charge in [-0.25, -0.2) is 0 Å². The zero-order chi connectivity index (χ0) is 14.4. The third kappa shape index (κ3) is 2.39. The van der Waals surface area contributed by atoms with Crippen molar-refractivity contribution in [2.75, 3.05) is 31.6 Å². The molecule has 0 bridgehead atoms. The minimum absolute atomic E-state index is 0.264. The van der Waals surface area contributed by atoms with Crippen LogP contribution in [0.4, 0.5) is 23.2 Å². The Kier molecular flexibility index (Phi) is 3.42. The van der Waals surface area contributed by atoms with E-state index in [1.807, 2.05) is 25.8 Å². The Balaban J connectivity index is 2.43. The highest BCUT2D eigenvalue weighted by Gasteiger charge is 2.35. The molecule has 0 aromatic carbocycles. The number of pyridine rings is 1. The summed E-state index contributed by atoms with van der Waals surface area (Å²) in [5.74, 6) is -6.13. The lowest BCUT2D eigenvalue weighted by Crippen LogP contribution is -2.58. The maximum Gasteiger partial charge on any atom is 0.253 e. The van der Waals surface area contributed by atoms with Crippen molar-refractivity contribution in [3.8, 4) is 0 Å². The van der Waals surface area contributed by atoms with Crippen molar-refractivity contribution in [2.24, 2.45) is 0 Å². The molecule has 0 N–H and O–H groups in total. The van der Waals surface area contributed by atoms with Gasteiger partial charge in [0.25, 0.3) is 11.9 Å². The van der Waals surface area contributed by atoms with E-state index in [1.54, 1.807) is 0 Å². The van der Waals surface area contributed by atoms with Crippen molar-refractivity contribution in [1.82, 2.24) is 9.88 Å². The lowest BCUT2D eigenvalue weighted by Gasteiger charge is -2.46. The molecule has 0 saturated carbocycles. The molecule has 1 aliphatic rings. The average Bonchev–Trinajstić information content (AvgIpc) is 2.31. The minimum Gasteiger partial charge on any atom is -0.363 e. The molecule has 106 valence electrons. The van der Waals surface area contributed by atoms with Gasteiger partial charge in [-0.3, -0.25) is 4.90 Å². The Morgan fingerprint density at radius 1 is 1.00 bits per heavy atom. The number of rotatable bonds is 1. The summed E-state index contributed by atoms with van der Waals surface area (Å²) in [5.41, 5.74) is -1.03. The molecule has 2 rings (SSSR count). The van der Waals surface area contributed by atoms with Gasteiger partial charge in [0, 0.05) is 25.2 Å². The van der Waals surface area contributed by atoms with Crippen molar-refractivity contribution >= 4 is 5.69 Å². The van der Waals surface area contributed by atoms with E-state index in [0.29, 0.717) is 6.54 Å². The fourth-order valence-electron chi connectivity index (χ4n) is 2.18. The topological polar surface area (TPSA) is 19.4 Å². The monoisotopic (exact) mass is 277 g/mol. The van der Waals surface area contributed by atoms with E-state index in [2.05, 4.69) is 4.98 Å². The zero-order valence-corrected chi connectivity index (χ0v) is 11.0. The quantitative estimate of drug-likeness (QED) is 0.579. The summed E-state index contributed by atoms with van der Waals surface area (Å²) in [4.78, 5) is 5.90. The zero-order valence-electron chi connectivity index (χ0n) is 11.0. The predicted molar refractivity (Wildman–Crippen MR) is 63.0 cm³/mol. The van der Waals surface area contributed by atoms with Crippen molar-refractivity contribution in [2.45, 2.75) is 19.4 Å². The molecule has 1 aliphatic heterocycles. The first-order chi connectivity index (χ1) is 8.74. The van der Waals surface area contributed by atoms with Gasteiger partial charge in [0.05, 0.1) is 0 Å². The first-order valence-corrected chi connectivity index (χ1v) is 5.90. The van der Waals surface area contributed by atoms with E-state index in [1.165, 1.54) is 4.90 Å². The Morgan fingerprint density at radius 2 is 1.53 bits per heavy atom. The second-order valence-corrected chi connectivity index (χ2v) is 5.33. The molecule has 1 aromatic rings. The fraction of sp³-hybridized carbons (Fsp3) is 0.583. The summed E-state index contributed by atoms with van der Waals surface area (Å²) in [7, 11) is 1.89. The molecular weight excluding hydrogens is 262 g/mol. The molecule has 3 nitrogen and oxygen atoms in total. The normalized spacial score (nSPS) is 19.8. The highest BCUT2D eigenvalue weighted by Crippen LogP contribution is 2.30. The van der Waals surface area contributed by atoms with Gasteiger partial charge < -0.3 is 4.90 Å².